The number of morpholine rings is 1. The highest BCUT2D eigenvalue weighted by atomic mass is 16.5. The molecule has 4 N–H and O–H groups in total. The second-order valence-electron chi connectivity index (χ2n) is 2.85. The fourth-order valence-corrected chi connectivity index (χ4v) is 1.09. The first-order chi connectivity index (χ1) is 6.68. The van der Waals surface area contributed by atoms with Gasteiger partial charge in [0.2, 0.25) is 5.91 Å². The van der Waals surface area contributed by atoms with Crippen molar-refractivity contribution in [2.75, 3.05) is 32.8 Å². The Bertz CT molecular complexity index is 215. The van der Waals surface area contributed by atoms with Crippen LogP contribution in [0.3, 0.4) is 0 Å². The van der Waals surface area contributed by atoms with Gasteiger partial charge >= 0.3 is 6.03 Å². The van der Waals surface area contributed by atoms with Gasteiger partial charge in [-0.05, 0) is 0 Å². The van der Waals surface area contributed by atoms with Gasteiger partial charge in [-0.15, -0.1) is 0 Å². The van der Waals surface area contributed by atoms with Crippen molar-refractivity contribution in [3.8, 4) is 0 Å². The predicted octanol–water partition coefficient (Wildman–Crippen LogP) is -1.98. The summed E-state index contributed by atoms with van der Waals surface area (Å²) in [5, 5.41) is 3.83. The van der Waals surface area contributed by atoms with Gasteiger partial charge in [0.05, 0.1) is 19.8 Å². The van der Waals surface area contributed by atoms with E-state index in [0.717, 1.165) is 13.1 Å². The van der Waals surface area contributed by atoms with Crippen LogP contribution < -0.4 is 16.5 Å². The first kappa shape index (κ1) is 10.9. The molecule has 7 heteroatoms. The van der Waals surface area contributed by atoms with E-state index in [0.29, 0.717) is 13.2 Å². The van der Waals surface area contributed by atoms with Crippen molar-refractivity contribution in [2.45, 2.75) is 0 Å². The highest BCUT2D eigenvalue weighted by Gasteiger charge is 2.11. The zero-order valence-electron chi connectivity index (χ0n) is 7.78. The zero-order valence-corrected chi connectivity index (χ0v) is 7.78. The molecule has 0 aromatic heterocycles. The smallest absolute Gasteiger partial charge is 0.318 e. The molecule has 0 saturated carbocycles. The van der Waals surface area contributed by atoms with Crippen LogP contribution in [0, 0.1) is 0 Å². The van der Waals surface area contributed by atoms with Crippen LogP contribution in [0.25, 0.3) is 0 Å². The number of nitrogens with one attached hydrogen (secondary N) is 2. The van der Waals surface area contributed by atoms with E-state index in [4.69, 9.17) is 10.5 Å². The molecule has 0 spiro atoms. The van der Waals surface area contributed by atoms with E-state index in [9.17, 15) is 9.59 Å². The van der Waals surface area contributed by atoms with Crippen LogP contribution in [-0.4, -0.2) is 49.8 Å². The molecule has 0 radical (unpaired) electrons. The van der Waals surface area contributed by atoms with E-state index in [1.54, 1.807) is 0 Å². The van der Waals surface area contributed by atoms with Crippen LogP contribution in [0.5, 0.6) is 0 Å². The molecule has 0 bridgehead atoms. The molecule has 0 aromatic carbocycles. The molecule has 1 saturated heterocycles. The molecule has 1 fully saturated rings. The van der Waals surface area contributed by atoms with E-state index < -0.39 is 11.9 Å². The van der Waals surface area contributed by atoms with E-state index in [2.05, 4.69) is 5.43 Å². The summed E-state index contributed by atoms with van der Waals surface area (Å²) in [4.78, 5) is 21.3. The number of primary amides is 1. The average Bonchev–Trinajstić information content (AvgIpc) is 2.15. The monoisotopic (exact) mass is 202 g/mol. The van der Waals surface area contributed by atoms with Gasteiger partial charge in [-0.3, -0.25) is 10.1 Å². The highest BCUT2D eigenvalue weighted by molar-refractivity contribution is 5.94. The van der Waals surface area contributed by atoms with Gasteiger partial charge in [0.1, 0.15) is 0 Å². The van der Waals surface area contributed by atoms with Crippen LogP contribution in [0.2, 0.25) is 0 Å². The lowest BCUT2D eigenvalue weighted by Gasteiger charge is -2.26. The Morgan fingerprint density at radius 3 is 2.57 bits per heavy atom. The molecule has 0 atom stereocenters. The maximum Gasteiger partial charge on any atom is 0.318 e. The minimum Gasteiger partial charge on any atom is -0.379 e. The first-order valence-electron chi connectivity index (χ1n) is 4.34. The van der Waals surface area contributed by atoms with Crippen LogP contribution >= 0.6 is 0 Å². The van der Waals surface area contributed by atoms with Crippen molar-refractivity contribution < 1.29 is 14.3 Å². The van der Waals surface area contributed by atoms with Crippen molar-refractivity contribution in [1.29, 1.82) is 0 Å². The summed E-state index contributed by atoms with van der Waals surface area (Å²) < 4.78 is 5.11. The van der Waals surface area contributed by atoms with Gasteiger partial charge in [-0.25, -0.2) is 15.2 Å². The second-order valence-corrected chi connectivity index (χ2v) is 2.85. The van der Waals surface area contributed by atoms with Crippen molar-refractivity contribution in [3.63, 3.8) is 0 Å². The molecule has 0 unspecified atom stereocenters. The molecule has 1 aliphatic heterocycles. The molecule has 0 aliphatic carbocycles. The molecule has 0 aromatic rings. The van der Waals surface area contributed by atoms with E-state index in [-0.39, 0.29) is 6.54 Å². The summed E-state index contributed by atoms with van der Waals surface area (Å²) in [6, 6.07) is -0.834. The fourth-order valence-electron chi connectivity index (χ4n) is 1.09. The highest BCUT2D eigenvalue weighted by Crippen LogP contribution is 1.91. The number of nitrogens with zero attached hydrogens (tertiary/aromatic N) is 1. The van der Waals surface area contributed by atoms with E-state index in [1.807, 2.05) is 10.3 Å². The number of amides is 3. The number of imide groups is 1. The third kappa shape index (κ3) is 4.17. The lowest BCUT2D eigenvalue weighted by Crippen LogP contribution is -2.50. The largest absolute Gasteiger partial charge is 0.379 e. The Labute approximate surface area is 81.5 Å². The minimum absolute atomic E-state index is 0.0446. The maximum atomic E-state index is 11.0. The van der Waals surface area contributed by atoms with Gasteiger partial charge in [-0.2, -0.15) is 0 Å². The Balaban J connectivity index is 2.12. The van der Waals surface area contributed by atoms with Crippen LogP contribution in [0.1, 0.15) is 0 Å². The SMILES string of the molecule is NC(=O)NC(=O)CNN1CCOCC1. The summed E-state index contributed by atoms with van der Waals surface area (Å²) in [6.45, 7) is 2.78. The molecule has 1 rings (SSSR count). The summed E-state index contributed by atoms with van der Waals surface area (Å²) in [5.74, 6) is -0.441. The van der Waals surface area contributed by atoms with Gasteiger partial charge in [0.15, 0.2) is 0 Å². The molecular weight excluding hydrogens is 188 g/mol. The number of hydrazine groups is 1. The zero-order chi connectivity index (χ0) is 10.4. The van der Waals surface area contributed by atoms with Gasteiger partial charge in [-0.1, -0.05) is 0 Å². The van der Waals surface area contributed by atoms with Crippen molar-refractivity contribution in [2.24, 2.45) is 5.73 Å². The number of carbonyl (C=O) groups excluding carboxylic acids is 2. The predicted molar refractivity (Wildman–Crippen MR) is 48.1 cm³/mol. The summed E-state index contributed by atoms with van der Waals surface area (Å²) in [7, 11) is 0. The Hall–Kier alpha value is -1.18. The van der Waals surface area contributed by atoms with Gasteiger partial charge < -0.3 is 10.5 Å². The number of nitrogens with two attached hydrogens (primary N) is 1. The molecule has 3 amide bonds. The van der Waals surface area contributed by atoms with Crippen LogP contribution in [0.15, 0.2) is 0 Å². The number of carbonyl (C=O) groups is 2. The molecule has 1 aliphatic rings. The number of ether oxygens (including phenoxy) is 1. The lowest BCUT2D eigenvalue weighted by atomic mass is 10.5. The number of hydrogen-bond acceptors (Lipinski definition) is 5. The fraction of sp³-hybridized carbons (Fsp3) is 0.714. The lowest BCUT2D eigenvalue weighted by molar-refractivity contribution is -0.120. The summed E-state index contributed by atoms with van der Waals surface area (Å²) >= 11 is 0. The summed E-state index contributed by atoms with van der Waals surface area (Å²) in [6.07, 6.45) is 0. The molecule has 80 valence electrons. The van der Waals surface area contributed by atoms with E-state index >= 15 is 0 Å². The number of urea groups is 1. The van der Waals surface area contributed by atoms with Gasteiger partial charge in [0.25, 0.3) is 0 Å². The topological polar surface area (TPSA) is 96.7 Å². The Morgan fingerprint density at radius 1 is 1.36 bits per heavy atom. The minimum atomic E-state index is -0.834. The first-order valence-corrected chi connectivity index (χ1v) is 4.34. The Kier molecular flexibility index (Phi) is 4.30. The molecule has 7 nitrogen and oxygen atoms in total. The molecular formula is C7H14N4O3. The Morgan fingerprint density at radius 2 is 2.00 bits per heavy atom. The molecule has 14 heavy (non-hydrogen) atoms. The average molecular weight is 202 g/mol. The van der Waals surface area contributed by atoms with Crippen molar-refractivity contribution in [1.82, 2.24) is 15.8 Å². The van der Waals surface area contributed by atoms with Gasteiger partial charge in [0, 0.05) is 13.1 Å². The second kappa shape index (κ2) is 5.53. The standard InChI is InChI=1S/C7H14N4O3/c8-7(13)10-6(12)5-9-11-1-3-14-4-2-11/h9H,1-5H2,(H3,8,10,12,13). The third-order valence-corrected chi connectivity index (χ3v) is 1.74. The van der Waals surface area contributed by atoms with Crippen LogP contribution in [-0.2, 0) is 9.53 Å². The third-order valence-electron chi connectivity index (χ3n) is 1.74. The number of hydrogen-bond donors (Lipinski definition) is 3. The quantitative estimate of drug-likeness (QED) is 0.492. The van der Waals surface area contributed by atoms with Crippen LogP contribution in [0.4, 0.5) is 4.79 Å². The maximum absolute atomic E-state index is 11.0. The summed E-state index contributed by atoms with van der Waals surface area (Å²) in [5.41, 5.74) is 7.63. The van der Waals surface area contributed by atoms with Crippen molar-refractivity contribution in [3.05, 3.63) is 0 Å². The number of rotatable bonds is 3. The normalized spacial score (nSPS) is 17.7. The van der Waals surface area contributed by atoms with Crippen molar-refractivity contribution >= 4 is 11.9 Å². The van der Waals surface area contributed by atoms with E-state index in [1.165, 1.54) is 0 Å². The molecule has 1 heterocycles.